The van der Waals surface area contributed by atoms with Crippen molar-refractivity contribution in [3.63, 3.8) is 0 Å². The Morgan fingerprint density at radius 1 is 1.42 bits per heavy atom. The zero-order chi connectivity index (χ0) is 13.5. The largest absolute Gasteiger partial charge is 0.370 e. The van der Waals surface area contributed by atoms with E-state index in [4.69, 9.17) is 10.7 Å². The summed E-state index contributed by atoms with van der Waals surface area (Å²) in [6, 6.07) is 0. The molecule has 0 fully saturated rings. The number of aryl methyl sites for hydroxylation is 2. The summed E-state index contributed by atoms with van der Waals surface area (Å²) >= 11 is 1.88. The predicted molar refractivity (Wildman–Crippen MR) is 81.9 cm³/mol. The summed E-state index contributed by atoms with van der Waals surface area (Å²) in [5.74, 6) is 0.565. The van der Waals surface area contributed by atoms with Gasteiger partial charge in [0.2, 0.25) is 0 Å². The molecule has 1 heterocycles. The summed E-state index contributed by atoms with van der Waals surface area (Å²) < 4.78 is 0. The lowest BCUT2D eigenvalue weighted by atomic mass is 10.0. The van der Waals surface area contributed by atoms with Crippen molar-refractivity contribution in [2.45, 2.75) is 51.9 Å². The molecule has 3 N–H and O–H groups in total. The second kappa shape index (κ2) is 7.48. The number of aliphatic imine (C=N–C) groups is 1. The Hall–Kier alpha value is -1.10. The van der Waals surface area contributed by atoms with E-state index < -0.39 is 0 Å². The molecule has 0 saturated heterocycles. The van der Waals surface area contributed by atoms with Crippen LogP contribution in [0.25, 0.3) is 0 Å². The van der Waals surface area contributed by atoms with Crippen LogP contribution in [0.5, 0.6) is 0 Å². The van der Waals surface area contributed by atoms with Gasteiger partial charge >= 0.3 is 0 Å². The maximum Gasteiger partial charge on any atom is 0.188 e. The van der Waals surface area contributed by atoms with Crippen LogP contribution in [0.3, 0.4) is 0 Å². The topological polar surface area (TPSA) is 63.3 Å². The van der Waals surface area contributed by atoms with Gasteiger partial charge < -0.3 is 11.1 Å². The Bertz CT molecular complexity index is 402. The van der Waals surface area contributed by atoms with Gasteiger partial charge in [0.25, 0.3) is 0 Å². The Balaban J connectivity index is 1.73. The van der Waals surface area contributed by atoms with Gasteiger partial charge in [-0.2, -0.15) is 0 Å². The minimum atomic E-state index is 0.565. The normalized spacial score (nSPS) is 15.3. The Morgan fingerprint density at radius 3 is 3.05 bits per heavy atom. The van der Waals surface area contributed by atoms with Crippen molar-refractivity contribution < 1.29 is 0 Å². The first-order valence-electron chi connectivity index (χ1n) is 7.31. The first kappa shape index (κ1) is 14.3. The van der Waals surface area contributed by atoms with E-state index in [1.807, 2.05) is 11.3 Å². The van der Waals surface area contributed by atoms with E-state index in [2.05, 4.69) is 17.2 Å². The number of hydrogen-bond acceptors (Lipinski definition) is 3. The number of guanidine groups is 1. The molecule has 0 aliphatic heterocycles. The Kier molecular flexibility index (Phi) is 5.63. The molecule has 106 valence electrons. The second-order valence-electron chi connectivity index (χ2n) is 4.98. The first-order valence-corrected chi connectivity index (χ1v) is 8.12. The van der Waals surface area contributed by atoms with Gasteiger partial charge in [-0.3, -0.25) is 4.99 Å². The summed E-state index contributed by atoms with van der Waals surface area (Å²) in [7, 11) is 0. The number of nitrogens with two attached hydrogens (primary N) is 1. The van der Waals surface area contributed by atoms with Gasteiger partial charge in [-0.15, -0.1) is 11.3 Å². The number of unbranched alkanes of at least 4 members (excludes halogenated alkanes) is 1. The highest BCUT2D eigenvalue weighted by Crippen LogP contribution is 2.26. The van der Waals surface area contributed by atoms with E-state index in [9.17, 15) is 0 Å². The number of hydrogen-bond donors (Lipinski definition) is 2. The molecule has 4 nitrogen and oxygen atoms in total. The number of thiazole rings is 1. The van der Waals surface area contributed by atoms with E-state index in [-0.39, 0.29) is 0 Å². The van der Waals surface area contributed by atoms with Crippen molar-refractivity contribution in [3.05, 3.63) is 15.6 Å². The number of aromatic nitrogens is 1. The molecule has 0 aromatic carbocycles. The van der Waals surface area contributed by atoms with Crippen molar-refractivity contribution in [3.8, 4) is 0 Å². The molecule has 19 heavy (non-hydrogen) atoms. The van der Waals surface area contributed by atoms with Crippen LogP contribution < -0.4 is 11.1 Å². The molecule has 1 aromatic heterocycles. The Morgan fingerprint density at radius 2 is 2.26 bits per heavy atom. The summed E-state index contributed by atoms with van der Waals surface area (Å²) in [5, 5.41) is 4.40. The van der Waals surface area contributed by atoms with Gasteiger partial charge in [-0.1, -0.05) is 13.3 Å². The van der Waals surface area contributed by atoms with Crippen molar-refractivity contribution in [1.82, 2.24) is 10.3 Å². The Labute approximate surface area is 119 Å². The van der Waals surface area contributed by atoms with Gasteiger partial charge in [0.15, 0.2) is 5.96 Å². The highest BCUT2D eigenvalue weighted by atomic mass is 32.1. The van der Waals surface area contributed by atoms with E-state index in [1.165, 1.54) is 41.3 Å². The molecular formula is C14H24N4S. The maximum atomic E-state index is 5.80. The minimum Gasteiger partial charge on any atom is -0.370 e. The van der Waals surface area contributed by atoms with Crippen LogP contribution in [0.4, 0.5) is 0 Å². The van der Waals surface area contributed by atoms with Gasteiger partial charge in [0.05, 0.1) is 10.7 Å². The smallest absolute Gasteiger partial charge is 0.188 e. The quantitative estimate of drug-likeness (QED) is 0.477. The average molecular weight is 280 g/mol. The molecule has 0 unspecified atom stereocenters. The maximum absolute atomic E-state index is 5.80. The standard InChI is InChI=1S/C14H24N4S/c1-2-3-9-16-14(15)17-10-8-13-18-11-6-4-5-7-12(11)19-13/h2-10H2,1H3,(H3,15,16,17). The minimum absolute atomic E-state index is 0.565. The zero-order valence-corrected chi connectivity index (χ0v) is 12.6. The van der Waals surface area contributed by atoms with Crippen LogP contribution in [0, 0.1) is 0 Å². The molecule has 1 aromatic rings. The fraction of sp³-hybridized carbons (Fsp3) is 0.714. The molecule has 2 rings (SSSR count). The molecule has 0 saturated carbocycles. The van der Waals surface area contributed by atoms with Gasteiger partial charge in [0.1, 0.15) is 0 Å². The second-order valence-corrected chi connectivity index (χ2v) is 6.15. The molecule has 0 radical (unpaired) electrons. The van der Waals surface area contributed by atoms with Gasteiger partial charge in [-0.05, 0) is 32.1 Å². The molecule has 1 aliphatic rings. The third-order valence-electron chi connectivity index (χ3n) is 3.33. The van der Waals surface area contributed by atoms with Crippen LogP contribution >= 0.6 is 11.3 Å². The van der Waals surface area contributed by atoms with E-state index in [1.54, 1.807) is 0 Å². The van der Waals surface area contributed by atoms with Crippen LogP contribution in [-0.2, 0) is 19.3 Å². The number of fused-ring (bicyclic) bond motifs is 1. The molecule has 0 bridgehead atoms. The van der Waals surface area contributed by atoms with Crippen molar-refractivity contribution in [2.75, 3.05) is 13.1 Å². The lowest BCUT2D eigenvalue weighted by molar-refractivity contribution is 0.680. The monoisotopic (exact) mass is 280 g/mol. The van der Waals surface area contributed by atoms with Gasteiger partial charge in [-0.25, -0.2) is 4.98 Å². The highest BCUT2D eigenvalue weighted by Gasteiger charge is 2.14. The highest BCUT2D eigenvalue weighted by molar-refractivity contribution is 7.11. The number of nitrogens with one attached hydrogen (secondary N) is 1. The lowest BCUT2D eigenvalue weighted by Crippen LogP contribution is -2.33. The zero-order valence-electron chi connectivity index (χ0n) is 11.7. The molecule has 0 spiro atoms. The molecule has 0 atom stereocenters. The van der Waals surface area contributed by atoms with E-state index in [0.717, 1.165) is 32.4 Å². The van der Waals surface area contributed by atoms with Crippen LogP contribution in [0.2, 0.25) is 0 Å². The van der Waals surface area contributed by atoms with Crippen molar-refractivity contribution in [1.29, 1.82) is 0 Å². The van der Waals surface area contributed by atoms with Crippen LogP contribution in [0.15, 0.2) is 4.99 Å². The van der Waals surface area contributed by atoms with E-state index in [0.29, 0.717) is 5.96 Å². The van der Waals surface area contributed by atoms with Crippen LogP contribution in [0.1, 0.15) is 48.2 Å². The number of nitrogens with zero attached hydrogens (tertiary/aromatic N) is 2. The fourth-order valence-electron chi connectivity index (χ4n) is 2.22. The molecule has 0 amide bonds. The third-order valence-corrected chi connectivity index (χ3v) is 4.55. The van der Waals surface area contributed by atoms with Crippen molar-refractivity contribution >= 4 is 17.3 Å². The number of rotatable bonds is 6. The van der Waals surface area contributed by atoms with Gasteiger partial charge in [0, 0.05) is 24.4 Å². The molecular weight excluding hydrogens is 256 g/mol. The first-order chi connectivity index (χ1) is 9.29. The molecule has 1 aliphatic carbocycles. The summed E-state index contributed by atoms with van der Waals surface area (Å²) in [6.45, 7) is 3.80. The molecule has 5 heteroatoms. The third kappa shape index (κ3) is 4.49. The predicted octanol–water partition coefficient (Wildman–Crippen LogP) is 2.27. The summed E-state index contributed by atoms with van der Waals surface area (Å²) in [5.41, 5.74) is 7.14. The van der Waals surface area contributed by atoms with Crippen LogP contribution in [-0.4, -0.2) is 24.0 Å². The van der Waals surface area contributed by atoms with Crippen molar-refractivity contribution in [2.24, 2.45) is 10.7 Å². The summed E-state index contributed by atoms with van der Waals surface area (Å²) in [4.78, 5) is 10.5. The summed E-state index contributed by atoms with van der Waals surface area (Å²) in [6.07, 6.45) is 8.21. The average Bonchev–Trinajstić information content (AvgIpc) is 2.81. The lowest BCUT2D eigenvalue weighted by Gasteiger charge is -2.06. The van der Waals surface area contributed by atoms with E-state index >= 15 is 0 Å². The fourth-order valence-corrected chi connectivity index (χ4v) is 3.38. The SMILES string of the molecule is CCCCN=C(N)NCCc1nc2c(s1)CCCC2.